The van der Waals surface area contributed by atoms with Gasteiger partial charge in [-0.2, -0.15) is 5.26 Å². The second-order valence-corrected chi connectivity index (χ2v) is 7.60. The number of carbonyl (C=O) groups excluding carboxylic acids is 2. The summed E-state index contributed by atoms with van der Waals surface area (Å²) in [6.45, 7) is -0.128. The van der Waals surface area contributed by atoms with Crippen LogP contribution in [0.4, 0.5) is 8.78 Å². The van der Waals surface area contributed by atoms with Crippen LogP contribution < -0.4 is 10.1 Å². The van der Waals surface area contributed by atoms with E-state index in [-0.39, 0.29) is 5.56 Å². The first-order valence-corrected chi connectivity index (χ1v) is 9.71. The molecule has 2 heterocycles. The fourth-order valence-corrected chi connectivity index (χ4v) is 3.31. The maximum absolute atomic E-state index is 13.5. The van der Waals surface area contributed by atoms with Gasteiger partial charge in [0, 0.05) is 24.5 Å². The number of benzene rings is 1. The molecule has 0 bridgehead atoms. The topological polar surface area (TPSA) is 98.6 Å². The predicted octanol–water partition coefficient (Wildman–Crippen LogP) is 1.66. The largest absolute Gasteiger partial charge is 0.492 e. The zero-order chi connectivity index (χ0) is 22.6. The molecule has 31 heavy (non-hydrogen) atoms. The molecule has 0 spiro atoms. The molecule has 10 heteroatoms. The van der Waals surface area contributed by atoms with E-state index in [1.54, 1.807) is 24.3 Å². The maximum atomic E-state index is 13.5. The van der Waals surface area contributed by atoms with E-state index in [0.717, 1.165) is 11.4 Å². The van der Waals surface area contributed by atoms with E-state index in [1.165, 1.54) is 12.3 Å². The number of amides is 2. The number of halogens is 2. The number of hydrogen-bond donors (Lipinski definition) is 1. The molecule has 1 aliphatic heterocycles. The van der Waals surface area contributed by atoms with Gasteiger partial charge in [-0.3, -0.25) is 14.6 Å². The summed E-state index contributed by atoms with van der Waals surface area (Å²) in [4.78, 5) is 32.0. The first kappa shape index (κ1) is 22.4. The van der Waals surface area contributed by atoms with E-state index >= 15 is 0 Å². The van der Waals surface area contributed by atoms with Crippen LogP contribution in [-0.2, 0) is 4.79 Å². The normalized spacial score (nSPS) is 17.5. The van der Waals surface area contributed by atoms with Gasteiger partial charge in [0.25, 0.3) is 11.8 Å². The van der Waals surface area contributed by atoms with Crippen molar-refractivity contribution in [1.82, 2.24) is 20.1 Å². The van der Waals surface area contributed by atoms with E-state index in [1.807, 2.05) is 19.0 Å². The highest BCUT2D eigenvalue weighted by atomic mass is 19.3. The van der Waals surface area contributed by atoms with Crippen LogP contribution >= 0.6 is 0 Å². The maximum Gasteiger partial charge on any atom is 0.268 e. The number of likely N-dealkylation sites (N-methyl/N-ethyl adjacent to an activating group) is 1. The molecule has 1 atom stereocenters. The predicted molar refractivity (Wildman–Crippen MR) is 109 cm³/mol. The number of nitrogens with one attached hydrogen (secondary N) is 1. The van der Waals surface area contributed by atoms with Crippen LogP contribution in [0.2, 0.25) is 0 Å². The smallest absolute Gasteiger partial charge is 0.268 e. The van der Waals surface area contributed by atoms with Crippen molar-refractivity contribution >= 4 is 22.7 Å². The van der Waals surface area contributed by atoms with Gasteiger partial charge in [0.15, 0.2) is 0 Å². The Bertz CT molecular complexity index is 1020. The number of pyridine rings is 1. The van der Waals surface area contributed by atoms with Gasteiger partial charge in [-0.25, -0.2) is 8.78 Å². The van der Waals surface area contributed by atoms with Crippen molar-refractivity contribution in [1.29, 1.82) is 5.26 Å². The summed E-state index contributed by atoms with van der Waals surface area (Å²) in [6.07, 6.45) is 0.771. The number of aromatic nitrogens is 1. The number of hydrogen-bond acceptors (Lipinski definition) is 6. The summed E-state index contributed by atoms with van der Waals surface area (Å²) < 4.78 is 32.8. The number of alkyl halides is 2. The van der Waals surface area contributed by atoms with E-state index < -0.39 is 43.3 Å². The van der Waals surface area contributed by atoms with Gasteiger partial charge in [0.2, 0.25) is 5.91 Å². The van der Waals surface area contributed by atoms with Crippen LogP contribution in [0, 0.1) is 11.3 Å². The zero-order valence-corrected chi connectivity index (χ0v) is 17.3. The summed E-state index contributed by atoms with van der Waals surface area (Å²) in [7, 11) is 3.86. The molecule has 1 saturated heterocycles. The van der Waals surface area contributed by atoms with Gasteiger partial charge in [-0.15, -0.1) is 0 Å². The number of nitriles is 1. The highest BCUT2D eigenvalue weighted by Crippen LogP contribution is 2.31. The number of nitrogens with zero attached hydrogens (tertiary/aromatic N) is 4. The molecule has 164 valence electrons. The second-order valence-electron chi connectivity index (χ2n) is 7.60. The number of carbonyl (C=O) groups is 2. The molecule has 0 radical (unpaired) electrons. The lowest BCUT2D eigenvalue weighted by Gasteiger charge is -2.19. The molecule has 1 aromatic carbocycles. The minimum absolute atomic E-state index is 0.277. The van der Waals surface area contributed by atoms with Crippen molar-refractivity contribution in [3.8, 4) is 11.8 Å². The molecule has 0 aliphatic carbocycles. The summed E-state index contributed by atoms with van der Waals surface area (Å²) in [5, 5.41) is 12.0. The third kappa shape index (κ3) is 5.44. The molecule has 0 unspecified atom stereocenters. The summed E-state index contributed by atoms with van der Waals surface area (Å²) in [6, 6.07) is 7.19. The third-order valence-corrected chi connectivity index (χ3v) is 4.90. The summed E-state index contributed by atoms with van der Waals surface area (Å²) in [5.74, 6) is -3.82. The molecule has 0 saturated carbocycles. The summed E-state index contributed by atoms with van der Waals surface area (Å²) >= 11 is 0. The van der Waals surface area contributed by atoms with Gasteiger partial charge in [-0.1, -0.05) is 0 Å². The Labute approximate surface area is 178 Å². The zero-order valence-electron chi connectivity index (χ0n) is 17.3. The first-order chi connectivity index (χ1) is 14.7. The lowest BCUT2D eigenvalue weighted by molar-refractivity contribution is -0.131. The van der Waals surface area contributed by atoms with Gasteiger partial charge >= 0.3 is 0 Å². The van der Waals surface area contributed by atoms with E-state index in [0.29, 0.717) is 23.3 Å². The number of rotatable bonds is 7. The van der Waals surface area contributed by atoms with E-state index in [2.05, 4.69) is 10.3 Å². The number of ether oxygens (including phenoxy) is 1. The second kappa shape index (κ2) is 9.22. The van der Waals surface area contributed by atoms with E-state index in [4.69, 9.17) is 10.00 Å². The third-order valence-electron chi connectivity index (χ3n) is 4.90. The molecule has 2 amide bonds. The number of likely N-dealkylation sites (tertiary alicyclic amines) is 1. The first-order valence-electron chi connectivity index (χ1n) is 9.71. The standard InChI is InChI=1S/C21H23F2N5O3/c1-27(2)7-8-31-15-3-4-18-17(9-15)16(5-6-25-18)20(30)26-12-19(29)28-13-21(22,23)10-14(28)11-24/h3-6,9,14H,7-8,10,12-13H2,1-2H3,(H,26,30)/t14-/m0/s1. The molecule has 1 aromatic heterocycles. The molecule has 3 rings (SSSR count). The molecular weight excluding hydrogens is 408 g/mol. The van der Waals surface area contributed by atoms with Crippen LogP contribution in [0.3, 0.4) is 0 Å². The fourth-order valence-electron chi connectivity index (χ4n) is 3.31. The van der Waals surface area contributed by atoms with Crippen molar-refractivity contribution in [2.24, 2.45) is 0 Å². The lowest BCUT2D eigenvalue weighted by Crippen LogP contribution is -2.43. The van der Waals surface area contributed by atoms with Gasteiger partial charge in [-0.05, 0) is 38.4 Å². The summed E-state index contributed by atoms with van der Waals surface area (Å²) in [5.41, 5.74) is 0.849. The Kier molecular flexibility index (Phi) is 6.65. The van der Waals surface area contributed by atoms with Crippen LogP contribution in [0.15, 0.2) is 30.5 Å². The van der Waals surface area contributed by atoms with Gasteiger partial charge in [0.1, 0.15) is 18.4 Å². The highest BCUT2D eigenvalue weighted by molar-refractivity contribution is 6.07. The Hall–Kier alpha value is -3.32. The molecule has 1 N–H and O–H groups in total. The van der Waals surface area contributed by atoms with Gasteiger partial charge < -0.3 is 19.9 Å². The van der Waals surface area contributed by atoms with Crippen LogP contribution in [0.25, 0.3) is 10.9 Å². The molecule has 1 aliphatic rings. The van der Waals surface area contributed by atoms with Crippen molar-refractivity contribution in [2.75, 3.05) is 40.3 Å². The lowest BCUT2D eigenvalue weighted by atomic mass is 10.1. The van der Waals surface area contributed by atoms with Crippen LogP contribution in [0.5, 0.6) is 5.75 Å². The molecule has 8 nitrogen and oxygen atoms in total. The quantitative estimate of drug-likeness (QED) is 0.716. The minimum Gasteiger partial charge on any atom is -0.492 e. The van der Waals surface area contributed by atoms with Crippen molar-refractivity contribution < 1.29 is 23.1 Å². The van der Waals surface area contributed by atoms with Crippen molar-refractivity contribution in [2.45, 2.75) is 18.4 Å². The average Bonchev–Trinajstić information content (AvgIpc) is 3.05. The minimum atomic E-state index is -3.11. The Morgan fingerprint density at radius 1 is 1.39 bits per heavy atom. The fraction of sp³-hybridized carbons (Fsp3) is 0.429. The SMILES string of the molecule is CN(C)CCOc1ccc2nccc(C(=O)NCC(=O)N3CC(F)(F)C[C@H]3C#N)c2c1. The average molecular weight is 431 g/mol. The molecule has 2 aromatic rings. The Morgan fingerprint density at radius 2 is 2.16 bits per heavy atom. The molecular formula is C21H23F2N5O3. The monoisotopic (exact) mass is 431 g/mol. The Balaban J connectivity index is 1.70. The van der Waals surface area contributed by atoms with Crippen LogP contribution in [0.1, 0.15) is 16.8 Å². The van der Waals surface area contributed by atoms with Crippen LogP contribution in [-0.4, -0.2) is 78.9 Å². The highest BCUT2D eigenvalue weighted by Gasteiger charge is 2.47. The van der Waals surface area contributed by atoms with Gasteiger partial charge in [0.05, 0.1) is 30.2 Å². The van der Waals surface area contributed by atoms with Crippen molar-refractivity contribution in [3.63, 3.8) is 0 Å². The Morgan fingerprint density at radius 3 is 2.87 bits per heavy atom. The van der Waals surface area contributed by atoms with Crippen molar-refractivity contribution in [3.05, 3.63) is 36.0 Å². The van der Waals surface area contributed by atoms with E-state index in [9.17, 15) is 18.4 Å². The number of fused-ring (bicyclic) bond motifs is 1. The molecule has 1 fully saturated rings.